The monoisotopic (exact) mass is 476 g/mol. The smallest absolute Gasteiger partial charge is 0.330 e. The van der Waals surface area contributed by atoms with Crippen molar-refractivity contribution in [3.8, 4) is 0 Å². The maximum atomic E-state index is 13.3. The molecule has 3 rings (SSSR count). The predicted octanol–water partition coefficient (Wildman–Crippen LogP) is 3.16. The van der Waals surface area contributed by atoms with Gasteiger partial charge in [0, 0.05) is 25.8 Å². The van der Waals surface area contributed by atoms with Crippen molar-refractivity contribution in [3.05, 3.63) is 90.5 Å². The van der Waals surface area contributed by atoms with Crippen molar-refractivity contribution in [2.45, 2.75) is 13.0 Å². The maximum Gasteiger partial charge on any atom is 0.330 e. The highest BCUT2D eigenvalue weighted by Gasteiger charge is 2.25. The van der Waals surface area contributed by atoms with Crippen molar-refractivity contribution in [3.63, 3.8) is 0 Å². The van der Waals surface area contributed by atoms with Crippen LogP contribution in [0.3, 0.4) is 0 Å². The first kappa shape index (κ1) is 23.6. The number of anilines is 2. The number of nitrogens with zero attached hydrogens (tertiary/aromatic N) is 2. The van der Waals surface area contributed by atoms with Crippen LogP contribution in [0, 0.1) is 0 Å². The third-order valence-electron chi connectivity index (χ3n) is 4.81. The molecule has 2 aromatic carbocycles. The summed E-state index contributed by atoms with van der Waals surface area (Å²) in [4.78, 5) is 42.1. The summed E-state index contributed by atoms with van der Waals surface area (Å²) in [7, 11) is 1.53. The molecule has 0 fully saturated rings. The van der Waals surface area contributed by atoms with E-state index in [0.29, 0.717) is 18.1 Å². The summed E-state index contributed by atoms with van der Waals surface area (Å²) in [6.45, 7) is 0.610. The van der Waals surface area contributed by atoms with Crippen LogP contribution < -0.4 is 21.9 Å². The molecule has 0 bridgehead atoms. The quantitative estimate of drug-likeness (QED) is 0.485. The molecule has 0 saturated carbocycles. The first-order valence-electron chi connectivity index (χ1n) is 9.76. The SMILES string of the molecule is COCCCN(C(=O)c1ccc(Cl)c(Cl)c1)c1c(N)n(Cc2ccccc2)c(=O)[nH]c1=O. The Labute approximate surface area is 194 Å². The van der Waals surface area contributed by atoms with Crippen LogP contribution in [0.15, 0.2) is 58.1 Å². The average Bonchev–Trinajstić information content (AvgIpc) is 2.77. The van der Waals surface area contributed by atoms with E-state index < -0.39 is 17.2 Å². The second kappa shape index (κ2) is 10.5. The number of hydrogen-bond donors (Lipinski definition) is 2. The number of nitrogens with one attached hydrogen (secondary N) is 1. The van der Waals surface area contributed by atoms with E-state index in [0.717, 1.165) is 5.56 Å². The van der Waals surface area contributed by atoms with Gasteiger partial charge in [-0.1, -0.05) is 53.5 Å². The van der Waals surface area contributed by atoms with Crippen LogP contribution in [0.5, 0.6) is 0 Å². The zero-order chi connectivity index (χ0) is 23.3. The van der Waals surface area contributed by atoms with E-state index in [9.17, 15) is 14.4 Å². The van der Waals surface area contributed by atoms with Crippen LogP contribution in [-0.2, 0) is 11.3 Å². The van der Waals surface area contributed by atoms with Crippen LogP contribution >= 0.6 is 23.2 Å². The fourth-order valence-electron chi connectivity index (χ4n) is 3.23. The molecule has 0 spiro atoms. The zero-order valence-corrected chi connectivity index (χ0v) is 18.8. The number of hydrogen-bond acceptors (Lipinski definition) is 5. The maximum absolute atomic E-state index is 13.3. The van der Waals surface area contributed by atoms with Gasteiger partial charge in [-0.3, -0.25) is 19.1 Å². The molecule has 1 aromatic heterocycles. The van der Waals surface area contributed by atoms with Crippen molar-refractivity contribution in [2.24, 2.45) is 0 Å². The first-order valence-corrected chi connectivity index (χ1v) is 10.5. The van der Waals surface area contributed by atoms with E-state index >= 15 is 0 Å². The lowest BCUT2D eigenvalue weighted by atomic mass is 10.1. The Balaban J connectivity index is 2.10. The fraction of sp³-hybridized carbons (Fsp3) is 0.227. The summed E-state index contributed by atoms with van der Waals surface area (Å²) in [6, 6.07) is 13.6. The fourth-order valence-corrected chi connectivity index (χ4v) is 3.53. The number of methoxy groups -OCH3 is 1. The average molecular weight is 477 g/mol. The lowest BCUT2D eigenvalue weighted by Crippen LogP contribution is -2.42. The van der Waals surface area contributed by atoms with Crippen LogP contribution in [0.2, 0.25) is 10.0 Å². The molecule has 3 N–H and O–H groups in total. The van der Waals surface area contributed by atoms with Crippen molar-refractivity contribution < 1.29 is 9.53 Å². The molecule has 1 heterocycles. The molecule has 0 aliphatic rings. The molecule has 0 aliphatic heterocycles. The molecule has 32 heavy (non-hydrogen) atoms. The van der Waals surface area contributed by atoms with E-state index in [-0.39, 0.29) is 35.2 Å². The second-order valence-electron chi connectivity index (χ2n) is 7.00. The highest BCUT2D eigenvalue weighted by atomic mass is 35.5. The van der Waals surface area contributed by atoms with Gasteiger partial charge >= 0.3 is 5.69 Å². The number of ether oxygens (including phenoxy) is 1. The second-order valence-corrected chi connectivity index (χ2v) is 7.81. The van der Waals surface area contributed by atoms with Gasteiger partial charge in [0.2, 0.25) is 0 Å². The Bertz CT molecular complexity index is 1220. The summed E-state index contributed by atoms with van der Waals surface area (Å²) in [5.74, 6) is -0.629. The number of H-pyrrole nitrogens is 1. The van der Waals surface area contributed by atoms with Crippen molar-refractivity contribution in [1.29, 1.82) is 0 Å². The minimum Gasteiger partial charge on any atom is -0.385 e. The lowest BCUT2D eigenvalue weighted by molar-refractivity contribution is 0.0983. The largest absolute Gasteiger partial charge is 0.385 e. The lowest BCUT2D eigenvalue weighted by Gasteiger charge is -2.25. The number of aromatic nitrogens is 2. The van der Waals surface area contributed by atoms with E-state index in [1.54, 1.807) is 0 Å². The number of rotatable bonds is 8. The zero-order valence-electron chi connectivity index (χ0n) is 17.3. The molecule has 0 unspecified atom stereocenters. The number of aromatic amines is 1. The number of nitrogens with two attached hydrogens (primary N) is 1. The Morgan fingerprint density at radius 3 is 2.50 bits per heavy atom. The van der Waals surface area contributed by atoms with Gasteiger partial charge in [-0.2, -0.15) is 0 Å². The molecule has 0 radical (unpaired) electrons. The highest BCUT2D eigenvalue weighted by Crippen LogP contribution is 2.25. The molecule has 0 aliphatic carbocycles. The van der Waals surface area contributed by atoms with Crippen molar-refractivity contribution in [1.82, 2.24) is 9.55 Å². The summed E-state index contributed by atoms with van der Waals surface area (Å²) < 4.78 is 6.30. The Morgan fingerprint density at radius 2 is 1.84 bits per heavy atom. The van der Waals surface area contributed by atoms with Crippen LogP contribution in [0.1, 0.15) is 22.3 Å². The van der Waals surface area contributed by atoms with E-state index in [1.807, 2.05) is 30.3 Å². The first-order chi connectivity index (χ1) is 15.3. The minimum absolute atomic E-state index is 0.117. The van der Waals surface area contributed by atoms with Crippen molar-refractivity contribution >= 4 is 40.6 Å². The third-order valence-corrected chi connectivity index (χ3v) is 5.55. The highest BCUT2D eigenvalue weighted by molar-refractivity contribution is 6.42. The Hall–Kier alpha value is -3.07. The molecule has 8 nitrogen and oxygen atoms in total. The van der Waals surface area contributed by atoms with Gasteiger partial charge in [0.1, 0.15) is 5.82 Å². The molecule has 1 amide bonds. The van der Waals surface area contributed by atoms with Gasteiger partial charge in [0.15, 0.2) is 5.69 Å². The minimum atomic E-state index is -0.761. The topological polar surface area (TPSA) is 110 Å². The van der Waals surface area contributed by atoms with Gasteiger partial charge in [-0.15, -0.1) is 0 Å². The molecule has 10 heteroatoms. The molecule has 168 valence electrons. The number of benzene rings is 2. The van der Waals surface area contributed by atoms with E-state index in [4.69, 9.17) is 33.7 Å². The van der Waals surface area contributed by atoms with Gasteiger partial charge in [0.05, 0.1) is 16.6 Å². The van der Waals surface area contributed by atoms with Gasteiger partial charge in [-0.05, 0) is 30.2 Å². The van der Waals surface area contributed by atoms with Crippen LogP contribution in [0.25, 0.3) is 0 Å². The number of halogens is 2. The summed E-state index contributed by atoms with van der Waals surface area (Å²) in [6.07, 6.45) is 0.431. The van der Waals surface area contributed by atoms with E-state index in [2.05, 4.69) is 4.98 Å². The molecular weight excluding hydrogens is 455 g/mol. The summed E-state index contributed by atoms with van der Waals surface area (Å²) in [5, 5.41) is 0.494. The normalized spacial score (nSPS) is 10.8. The number of carbonyl (C=O) groups is 1. The number of carbonyl (C=O) groups excluding carboxylic acids is 1. The molecular formula is C22H22Cl2N4O4. The Kier molecular flexibility index (Phi) is 7.74. The molecule has 0 atom stereocenters. The third kappa shape index (κ3) is 5.21. The van der Waals surface area contributed by atoms with Crippen molar-refractivity contribution in [2.75, 3.05) is 30.9 Å². The standard InChI is InChI=1S/C22H22Cl2N4O4/c1-32-11-5-10-27(21(30)15-8-9-16(23)17(24)12-15)18-19(25)28(22(31)26-20(18)29)13-14-6-3-2-4-7-14/h2-4,6-9,12H,5,10-11,13,25H2,1H3,(H,26,29,31). The summed E-state index contributed by atoms with van der Waals surface area (Å²) >= 11 is 12.0. The van der Waals surface area contributed by atoms with Crippen LogP contribution in [0.4, 0.5) is 11.5 Å². The van der Waals surface area contributed by atoms with E-state index in [1.165, 1.54) is 34.8 Å². The predicted molar refractivity (Wildman–Crippen MR) is 126 cm³/mol. The van der Waals surface area contributed by atoms with Crippen LogP contribution in [-0.4, -0.2) is 35.7 Å². The Morgan fingerprint density at radius 1 is 1.12 bits per heavy atom. The molecule has 0 saturated heterocycles. The van der Waals surface area contributed by atoms with Gasteiger partial charge in [-0.25, -0.2) is 4.79 Å². The summed E-state index contributed by atoms with van der Waals surface area (Å²) in [5.41, 5.74) is 5.76. The number of amides is 1. The number of nitrogen functional groups attached to an aromatic ring is 1. The van der Waals surface area contributed by atoms with Gasteiger partial charge in [0.25, 0.3) is 11.5 Å². The van der Waals surface area contributed by atoms with Gasteiger partial charge < -0.3 is 15.4 Å². The molecule has 3 aromatic rings.